The van der Waals surface area contributed by atoms with E-state index in [0.717, 1.165) is 58.0 Å². The highest BCUT2D eigenvalue weighted by Crippen LogP contribution is 2.20. The molecule has 0 radical (unpaired) electrons. The first kappa shape index (κ1) is 20.0. The summed E-state index contributed by atoms with van der Waals surface area (Å²) in [4.78, 5) is 18.6. The lowest BCUT2D eigenvalue weighted by molar-refractivity contribution is -0.129. The Bertz CT molecular complexity index is 402. The first-order valence-electron chi connectivity index (χ1n) is 10.2. The van der Waals surface area contributed by atoms with Crippen molar-refractivity contribution in [2.24, 2.45) is 4.99 Å². The van der Waals surface area contributed by atoms with Crippen LogP contribution >= 0.6 is 0 Å². The molecule has 1 aliphatic carbocycles. The van der Waals surface area contributed by atoms with E-state index in [-0.39, 0.29) is 5.91 Å². The Morgan fingerprint density at radius 2 is 1.88 bits per heavy atom. The van der Waals surface area contributed by atoms with E-state index in [1.165, 1.54) is 32.1 Å². The number of carbonyl (C=O) groups excluding carboxylic acids is 1. The standard InChI is InChI=1S/C19H36N4O2/c1-2-20-19(22-13-11-18(24)23-14-6-7-15-23)21-12-8-16-25-17-9-4-3-5-10-17/h17H,2-16H2,1H3,(H2,20,21,22). The van der Waals surface area contributed by atoms with E-state index in [2.05, 4.69) is 22.5 Å². The normalized spacial score (nSPS) is 19.2. The van der Waals surface area contributed by atoms with E-state index >= 15 is 0 Å². The minimum Gasteiger partial charge on any atom is -0.378 e. The van der Waals surface area contributed by atoms with Gasteiger partial charge in [-0.05, 0) is 39.0 Å². The summed E-state index contributed by atoms with van der Waals surface area (Å²) in [6.45, 7) is 6.91. The Balaban J connectivity index is 1.57. The fourth-order valence-corrected chi connectivity index (χ4v) is 3.49. The van der Waals surface area contributed by atoms with Crippen LogP contribution < -0.4 is 10.6 Å². The molecule has 1 saturated carbocycles. The quantitative estimate of drug-likeness (QED) is 0.380. The number of rotatable bonds is 9. The van der Waals surface area contributed by atoms with Crippen LogP contribution in [-0.4, -0.2) is 62.2 Å². The molecule has 6 heteroatoms. The van der Waals surface area contributed by atoms with Crippen molar-refractivity contribution in [3.8, 4) is 0 Å². The van der Waals surface area contributed by atoms with Crippen LogP contribution in [0.4, 0.5) is 0 Å². The van der Waals surface area contributed by atoms with Crippen molar-refractivity contribution in [1.29, 1.82) is 0 Å². The van der Waals surface area contributed by atoms with E-state index in [1.807, 2.05) is 4.90 Å². The summed E-state index contributed by atoms with van der Waals surface area (Å²) in [5.41, 5.74) is 0. The number of likely N-dealkylation sites (tertiary alicyclic amines) is 1. The average molecular weight is 353 g/mol. The van der Waals surface area contributed by atoms with Crippen molar-refractivity contribution >= 4 is 11.9 Å². The number of aliphatic imine (C=N–C) groups is 1. The Labute approximate surface area is 152 Å². The number of hydrogen-bond donors (Lipinski definition) is 2. The third kappa shape index (κ3) is 8.08. The maximum Gasteiger partial charge on any atom is 0.224 e. The van der Waals surface area contributed by atoms with Crippen molar-refractivity contribution < 1.29 is 9.53 Å². The molecule has 2 fully saturated rings. The molecule has 2 aliphatic rings. The van der Waals surface area contributed by atoms with Gasteiger partial charge in [-0.2, -0.15) is 0 Å². The summed E-state index contributed by atoms with van der Waals surface area (Å²) in [6, 6.07) is 0. The highest BCUT2D eigenvalue weighted by atomic mass is 16.5. The second-order valence-electron chi connectivity index (χ2n) is 7.01. The predicted molar refractivity (Wildman–Crippen MR) is 102 cm³/mol. The Morgan fingerprint density at radius 1 is 1.12 bits per heavy atom. The molecule has 0 unspecified atom stereocenters. The first-order valence-corrected chi connectivity index (χ1v) is 10.2. The van der Waals surface area contributed by atoms with Crippen molar-refractivity contribution in [2.75, 3.05) is 39.3 Å². The van der Waals surface area contributed by atoms with Gasteiger partial charge in [0.25, 0.3) is 0 Å². The summed E-state index contributed by atoms with van der Waals surface area (Å²) in [6.07, 6.45) is 10.7. The van der Waals surface area contributed by atoms with Gasteiger partial charge in [-0.3, -0.25) is 9.79 Å². The number of ether oxygens (including phenoxy) is 1. The van der Waals surface area contributed by atoms with E-state index < -0.39 is 0 Å². The van der Waals surface area contributed by atoms with Crippen LogP contribution in [0.5, 0.6) is 0 Å². The van der Waals surface area contributed by atoms with Crippen LogP contribution in [0.15, 0.2) is 4.99 Å². The highest BCUT2D eigenvalue weighted by Gasteiger charge is 2.17. The Morgan fingerprint density at radius 3 is 2.60 bits per heavy atom. The number of carbonyl (C=O) groups is 1. The molecule has 0 aromatic heterocycles. The zero-order valence-electron chi connectivity index (χ0n) is 15.9. The monoisotopic (exact) mass is 352 g/mol. The Kier molecular flexibility index (Phi) is 9.70. The molecule has 2 N–H and O–H groups in total. The second-order valence-corrected chi connectivity index (χ2v) is 7.01. The molecule has 25 heavy (non-hydrogen) atoms. The number of amides is 1. The SMILES string of the molecule is CCNC(=NCCCOC1CCCCC1)NCCC(=O)N1CCCC1. The zero-order valence-corrected chi connectivity index (χ0v) is 15.9. The van der Waals surface area contributed by atoms with Gasteiger partial charge in [0.2, 0.25) is 5.91 Å². The maximum absolute atomic E-state index is 12.0. The van der Waals surface area contributed by atoms with Crippen LogP contribution in [-0.2, 0) is 9.53 Å². The van der Waals surface area contributed by atoms with E-state index in [9.17, 15) is 4.79 Å². The molecule has 1 saturated heterocycles. The molecule has 0 aromatic rings. The molecule has 6 nitrogen and oxygen atoms in total. The fourth-order valence-electron chi connectivity index (χ4n) is 3.49. The third-order valence-electron chi connectivity index (χ3n) is 4.91. The van der Waals surface area contributed by atoms with Gasteiger partial charge in [-0.1, -0.05) is 19.3 Å². The lowest BCUT2D eigenvalue weighted by Crippen LogP contribution is -2.39. The lowest BCUT2D eigenvalue weighted by Gasteiger charge is -2.21. The molecular weight excluding hydrogens is 316 g/mol. The molecular formula is C19H36N4O2. The van der Waals surface area contributed by atoms with Crippen molar-refractivity contribution in [2.45, 2.75) is 70.8 Å². The number of guanidine groups is 1. The summed E-state index contributed by atoms with van der Waals surface area (Å²) in [5.74, 6) is 1.05. The van der Waals surface area contributed by atoms with Gasteiger partial charge >= 0.3 is 0 Å². The van der Waals surface area contributed by atoms with E-state index in [4.69, 9.17) is 4.74 Å². The number of hydrogen-bond acceptors (Lipinski definition) is 3. The van der Waals surface area contributed by atoms with Gasteiger partial charge < -0.3 is 20.3 Å². The fraction of sp³-hybridized carbons (Fsp3) is 0.895. The molecule has 0 bridgehead atoms. The van der Waals surface area contributed by atoms with Crippen LogP contribution in [0.2, 0.25) is 0 Å². The number of nitrogens with one attached hydrogen (secondary N) is 2. The molecule has 144 valence electrons. The smallest absolute Gasteiger partial charge is 0.224 e. The topological polar surface area (TPSA) is 66.0 Å². The predicted octanol–water partition coefficient (Wildman–Crippen LogP) is 2.29. The summed E-state index contributed by atoms with van der Waals surface area (Å²) < 4.78 is 5.93. The van der Waals surface area contributed by atoms with Gasteiger partial charge in [-0.25, -0.2) is 0 Å². The minimum absolute atomic E-state index is 0.252. The van der Waals surface area contributed by atoms with Crippen LogP contribution in [0, 0.1) is 0 Å². The zero-order chi connectivity index (χ0) is 17.7. The molecule has 1 heterocycles. The summed E-state index contributed by atoms with van der Waals surface area (Å²) >= 11 is 0. The summed E-state index contributed by atoms with van der Waals surface area (Å²) in [7, 11) is 0. The molecule has 1 amide bonds. The summed E-state index contributed by atoms with van der Waals surface area (Å²) in [5, 5.41) is 6.51. The Hall–Kier alpha value is -1.30. The van der Waals surface area contributed by atoms with Crippen LogP contribution in [0.25, 0.3) is 0 Å². The van der Waals surface area contributed by atoms with E-state index in [1.54, 1.807) is 0 Å². The van der Waals surface area contributed by atoms with E-state index in [0.29, 0.717) is 19.1 Å². The molecule has 0 aromatic carbocycles. The van der Waals surface area contributed by atoms with Gasteiger partial charge in [0.15, 0.2) is 5.96 Å². The molecule has 0 atom stereocenters. The first-order chi connectivity index (χ1) is 12.3. The van der Waals surface area contributed by atoms with Gasteiger partial charge in [0.1, 0.15) is 0 Å². The lowest BCUT2D eigenvalue weighted by atomic mass is 9.98. The number of nitrogens with zero attached hydrogens (tertiary/aromatic N) is 2. The third-order valence-corrected chi connectivity index (χ3v) is 4.91. The van der Waals surface area contributed by atoms with Gasteiger partial charge in [-0.15, -0.1) is 0 Å². The van der Waals surface area contributed by atoms with Crippen LogP contribution in [0.3, 0.4) is 0 Å². The second kappa shape index (κ2) is 12.1. The van der Waals surface area contributed by atoms with Crippen molar-refractivity contribution in [3.63, 3.8) is 0 Å². The van der Waals surface area contributed by atoms with Crippen molar-refractivity contribution in [3.05, 3.63) is 0 Å². The van der Waals surface area contributed by atoms with Crippen molar-refractivity contribution in [1.82, 2.24) is 15.5 Å². The van der Waals surface area contributed by atoms with Gasteiger partial charge in [0.05, 0.1) is 6.10 Å². The van der Waals surface area contributed by atoms with Gasteiger partial charge in [0, 0.05) is 45.8 Å². The average Bonchev–Trinajstić information content (AvgIpc) is 3.17. The molecule has 2 rings (SSSR count). The largest absolute Gasteiger partial charge is 0.378 e. The maximum atomic E-state index is 12.0. The molecule has 1 aliphatic heterocycles. The molecule has 0 spiro atoms. The minimum atomic E-state index is 0.252. The highest BCUT2D eigenvalue weighted by molar-refractivity contribution is 5.81. The van der Waals surface area contributed by atoms with Crippen LogP contribution in [0.1, 0.15) is 64.7 Å².